The molecule has 2 amide bonds. The summed E-state index contributed by atoms with van der Waals surface area (Å²) >= 11 is 0. The summed E-state index contributed by atoms with van der Waals surface area (Å²) in [5.74, 6) is -1.35. The molecule has 3 aliphatic rings. The molecule has 5 heterocycles. The number of pyridine rings is 1. The number of hydrogen-bond acceptors (Lipinski definition) is 7. The van der Waals surface area contributed by atoms with Gasteiger partial charge in [0.25, 0.3) is 11.8 Å². The van der Waals surface area contributed by atoms with Crippen LogP contribution in [0.3, 0.4) is 0 Å². The third kappa shape index (κ3) is 3.27. The molecule has 0 aliphatic carbocycles. The number of imidazole rings is 1. The number of nitrogens with zero attached hydrogens (tertiary/aromatic N) is 4. The summed E-state index contributed by atoms with van der Waals surface area (Å²) in [6.07, 6.45) is 6.93. The quantitative estimate of drug-likeness (QED) is 0.454. The summed E-state index contributed by atoms with van der Waals surface area (Å²) in [5.41, 5.74) is 5.34. The molecule has 1 unspecified atom stereocenters. The lowest BCUT2D eigenvalue weighted by Gasteiger charge is -2.23. The van der Waals surface area contributed by atoms with E-state index in [1.54, 1.807) is 23.0 Å². The van der Waals surface area contributed by atoms with Crippen molar-refractivity contribution in [2.24, 2.45) is 4.99 Å². The van der Waals surface area contributed by atoms with Gasteiger partial charge in [-0.25, -0.2) is 9.78 Å². The highest BCUT2D eigenvalue weighted by Crippen LogP contribution is 2.40. The standard InChI is InChI=1S/C27H23N5O4/c1-14(2)36-27(35)18-12-16-5-4-6-17-23(28-8-10-32(18)24(16)17)22-21(25(33)30-26(22)34)19-13-29-20-11-15(3)7-9-31(19)20/h4-11,13-14,18H,12H2,1-3H3,(H,30,33,34). The zero-order valence-electron chi connectivity index (χ0n) is 20.0. The predicted octanol–water partition coefficient (Wildman–Crippen LogP) is 2.71. The summed E-state index contributed by atoms with van der Waals surface area (Å²) in [7, 11) is 0. The van der Waals surface area contributed by atoms with Crippen LogP contribution in [-0.2, 0) is 25.5 Å². The second-order valence-electron chi connectivity index (χ2n) is 9.31. The fraction of sp³-hybridized carbons (Fsp3) is 0.222. The fourth-order valence-electron chi connectivity index (χ4n) is 5.04. The molecule has 0 bridgehead atoms. The van der Waals surface area contributed by atoms with Crippen molar-refractivity contribution in [3.63, 3.8) is 0 Å². The van der Waals surface area contributed by atoms with Crippen molar-refractivity contribution in [2.75, 3.05) is 4.90 Å². The van der Waals surface area contributed by atoms with Crippen LogP contribution in [0.2, 0.25) is 0 Å². The molecule has 2 aromatic heterocycles. The molecule has 3 aliphatic heterocycles. The Morgan fingerprint density at radius 2 is 1.97 bits per heavy atom. The van der Waals surface area contributed by atoms with Gasteiger partial charge in [0.1, 0.15) is 11.7 Å². The third-order valence-corrected chi connectivity index (χ3v) is 6.53. The molecular weight excluding hydrogens is 458 g/mol. The monoisotopic (exact) mass is 481 g/mol. The van der Waals surface area contributed by atoms with Gasteiger partial charge in [0, 0.05) is 30.6 Å². The number of imide groups is 1. The molecule has 3 aromatic rings. The van der Waals surface area contributed by atoms with Crippen molar-refractivity contribution in [1.82, 2.24) is 14.7 Å². The number of carbonyl (C=O) groups excluding carboxylic acids is 3. The molecule has 9 nitrogen and oxygen atoms in total. The van der Waals surface area contributed by atoms with Crippen LogP contribution in [0.25, 0.3) is 11.2 Å². The molecule has 0 spiro atoms. The van der Waals surface area contributed by atoms with Gasteiger partial charge >= 0.3 is 5.97 Å². The highest BCUT2D eigenvalue weighted by atomic mass is 16.5. The number of para-hydroxylation sites is 1. The second-order valence-corrected chi connectivity index (χ2v) is 9.31. The molecule has 9 heteroatoms. The number of aryl methyl sites for hydroxylation is 1. The lowest BCUT2D eigenvalue weighted by Crippen LogP contribution is -2.37. The van der Waals surface area contributed by atoms with Crippen LogP contribution in [0.5, 0.6) is 0 Å². The summed E-state index contributed by atoms with van der Waals surface area (Å²) in [5, 5.41) is 2.43. The average Bonchev–Trinajstić information content (AvgIpc) is 3.44. The lowest BCUT2D eigenvalue weighted by atomic mass is 9.94. The second kappa shape index (κ2) is 8.01. The van der Waals surface area contributed by atoms with Crippen molar-refractivity contribution >= 4 is 40.4 Å². The molecule has 36 heavy (non-hydrogen) atoms. The van der Waals surface area contributed by atoms with E-state index in [1.807, 2.05) is 62.2 Å². The van der Waals surface area contributed by atoms with Gasteiger partial charge in [-0.3, -0.25) is 24.3 Å². The maximum atomic E-state index is 13.2. The highest BCUT2D eigenvalue weighted by Gasteiger charge is 2.41. The summed E-state index contributed by atoms with van der Waals surface area (Å²) in [4.78, 5) is 50.0. The minimum Gasteiger partial charge on any atom is -0.461 e. The summed E-state index contributed by atoms with van der Waals surface area (Å²) < 4.78 is 7.28. The first-order valence-electron chi connectivity index (χ1n) is 11.7. The largest absolute Gasteiger partial charge is 0.461 e. The summed E-state index contributed by atoms with van der Waals surface area (Å²) in [6, 6.07) is 8.96. The molecule has 1 atom stereocenters. The number of carbonyl (C=O) groups is 3. The first-order chi connectivity index (χ1) is 17.3. The molecule has 1 N–H and O–H groups in total. The molecular formula is C27H23N5O4. The predicted molar refractivity (Wildman–Crippen MR) is 133 cm³/mol. The van der Waals surface area contributed by atoms with Gasteiger partial charge in [-0.05, 0) is 44.0 Å². The van der Waals surface area contributed by atoms with E-state index < -0.39 is 17.9 Å². The molecule has 6 rings (SSSR count). The molecule has 0 radical (unpaired) electrons. The Kier molecular flexibility index (Phi) is 4.89. The van der Waals surface area contributed by atoms with E-state index >= 15 is 0 Å². The van der Waals surface area contributed by atoms with Crippen molar-refractivity contribution in [3.05, 3.63) is 83.1 Å². The Balaban J connectivity index is 1.52. The number of ether oxygens (including phenoxy) is 1. The van der Waals surface area contributed by atoms with Crippen LogP contribution >= 0.6 is 0 Å². The Hall–Kier alpha value is -4.53. The number of rotatable bonds is 4. The lowest BCUT2D eigenvalue weighted by molar-refractivity contribution is -0.148. The molecule has 0 fully saturated rings. The van der Waals surface area contributed by atoms with Gasteiger partial charge in [-0.2, -0.15) is 0 Å². The topological polar surface area (TPSA) is 105 Å². The van der Waals surface area contributed by atoms with Crippen LogP contribution < -0.4 is 10.2 Å². The van der Waals surface area contributed by atoms with Crippen LogP contribution in [0, 0.1) is 6.92 Å². The first kappa shape index (κ1) is 22.0. The third-order valence-electron chi connectivity index (χ3n) is 6.53. The number of aliphatic imine (C=N–C) groups is 1. The molecule has 180 valence electrons. The van der Waals surface area contributed by atoms with Gasteiger partial charge in [-0.15, -0.1) is 0 Å². The van der Waals surface area contributed by atoms with Gasteiger partial charge in [-0.1, -0.05) is 18.2 Å². The van der Waals surface area contributed by atoms with Crippen LogP contribution in [-0.4, -0.2) is 45.0 Å². The van der Waals surface area contributed by atoms with Gasteiger partial charge < -0.3 is 9.64 Å². The smallest absolute Gasteiger partial charge is 0.329 e. The number of hydrogen-bond donors (Lipinski definition) is 1. The van der Waals surface area contributed by atoms with E-state index in [2.05, 4.69) is 15.3 Å². The normalized spacial score (nSPS) is 18.6. The van der Waals surface area contributed by atoms with E-state index in [-0.39, 0.29) is 23.2 Å². The highest BCUT2D eigenvalue weighted by molar-refractivity contribution is 6.47. The maximum Gasteiger partial charge on any atom is 0.329 e. The fourth-order valence-corrected chi connectivity index (χ4v) is 5.04. The number of nitrogens with one attached hydrogen (secondary N) is 1. The van der Waals surface area contributed by atoms with E-state index in [0.29, 0.717) is 29.0 Å². The van der Waals surface area contributed by atoms with E-state index in [0.717, 1.165) is 16.8 Å². The number of amides is 2. The Bertz CT molecular complexity index is 1580. The van der Waals surface area contributed by atoms with E-state index in [1.165, 1.54) is 0 Å². The minimum absolute atomic E-state index is 0.176. The van der Waals surface area contributed by atoms with Crippen LogP contribution in [0.15, 0.2) is 65.7 Å². The number of esters is 1. The SMILES string of the molecule is Cc1ccn2c(C3=C(C4=NC=CN5c6c(cccc64)CC5C(=O)OC(C)C)C(=O)NC3=O)cnc2c1. The number of fused-ring (bicyclic) bond motifs is 1. The average molecular weight is 482 g/mol. The van der Waals surface area contributed by atoms with Crippen LogP contribution in [0.1, 0.15) is 36.2 Å². The Morgan fingerprint density at radius 3 is 2.78 bits per heavy atom. The van der Waals surface area contributed by atoms with Gasteiger partial charge in [0.15, 0.2) is 0 Å². The van der Waals surface area contributed by atoms with Crippen molar-refractivity contribution in [1.29, 1.82) is 0 Å². The Morgan fingerprint density at radius 1 is 1.17 bits per heavy atom. The molecule has 0 saturated carbocycles. The first-order valence-corrected chi connectivity index (χ1v) is 11.7. The van der Waals surface area contributed by atoms with E-state index in [4.69, 9.17) is 4.74 Å². The van der Waals surface area contributed by atoms with Gasteiger partial charge in [0.05, 0.1) is 40.5 Å². The van der Waals surface area contributed by atoms with E-state index in [9.17, 15) is 14.4 Å². The minimum atomic E-state index is -0.538. The number of aromatic nitrogens is 2. The zero-order valence-corrected chi connectivity index (χ0v) is 20.0. The zero-order chi connectivity index (χ0) is 25.1. The van der Waals surface area contributed by atoms with Crippen LogP contribution in [0.4, 0.5) is 5.69 Å². The summed E-state index contributed by atoms with van der Waals surface area (Å²) in [6.45, 7) is 5.59. The van der Waals surface area contributed by atoms with Gasteiger partial charge in [0.2, 0.25) is 0 Å². The van der Waals surface area contributed by atoms with Crippen molar-refractivity contribution < 1.29 is 19.1 Å². The number of benzene rings is 1. The van der Waals surface area contributed by atoms with Crippen molar-refractivity contribution in [2.45, 2.75) is 39.3 Å². The van der Waals surface area contributed by atoms with Crippen molar-refractivity contribution in [3.8, 4) is 0 Å². The molecule has 1 aromatic carbocycles. The number of anilines is 1. The maximum absolute atomic E-state index is 13.2. The Labute approximate surface area is 206 Å². The molecule has 0 saturated heterocycles.